The van der Waals surface area contributed by atoms with Crippen molar-refractivity contribution < 1.29 is 0 Å². The van der Waals surface area contributed by atoms with Gasteiger partial charge in [0.1, 0.15) is 0 Å². The molecule has 3 heteroatoms. The van der Waals surface area contributed by atoms with Crippen molar-refractivity contribution in [2.24, 2.45) is 0 Å². The molecule has 0 fully saturated rings. The fraction of sp³-hybridized carbons (Fsp3) is 0.368. The Kier molecular flexibility index (Phi) is 6.37. The molecule has 1 heterocycles. The van der Waals surface area contributed by atoms with Crippen molar-refractivity contribution in [3.8, 4) is 0 Å². The van der Waals surface area contributed by atoms with Gasteiger partial charge in [-0.3, -0.25) is 0 Å². The molecule has 0 unspecified atom stereocenters. The maximum absolute atomic E-state index is 3.53. The van der Waals surface area contributed by atoms with Gasteiger partial charge < -0.3 is 5.32 Å². The predicted molar refractivity (Wildman–Crippen MR) is 98.5 cm³/mol. The fourth-order valence-corrected chi connectivity index (χ4v) is 4.20. The van der Waals surface area contributed by atoms with E-state index in [4.69, 9.17) is 0 Å². The second-order valence-corrected chi connectivity index (χ2v) is 7.07. The molecule has 0 amide bonds. The second-order valence-electron chi connectivity index (χ2n) is 5.98. The van der Waals surface area contributed by atoms with Crippen LogP contribution in [0.3, 0.4) is 0 Å². The molecule has 0 aliphatic carbocycles. The quantitative estimate of drug-likeness (QED) is 0.727. The van der Waals surface area contributed by atoms with Gasteiger partial charge in [-0.2, -0.15) is 0 Å². The van der Waals surface area contributed by atoms with Gasteiger partial charge in [-0.15, -0.1) is 12.4 Å². The van der Waals surface area contributed by atoms with E-state index in [0.717, 1.165) is 6.54 Å². The smallest absolute Gasteiger partial charge is 0.0160 e. The molecule has 1 aliphatic rings. The number of benzene rings is 2. The average Bonchev–Trinajstić information content (AvgIpc) is 2.50. The first-order chi connectivity index (χ1) is 10.3. The van der Waals surface area contributed by atoms with Gasteiger partial charge in [-0.25, -0.2) is 0 Å². The predicted octanol–water partition coefficient (Wildman–Crippen LogP) is 5.48. The third kappa shape index (κ3) is 3.87. The van der Waals surface area contributed by atoms with E-state index in [1.54, 1.807) is 0 Å². The summed E-state index contributed by atoms with van der Waals surface area (Å²) in [7, 11) is 0. The second kappa shape index (κ2) is 8.05. The summed E-state index contributed by atoms with van der Waals surface area (Å²) < 4.78 is 0. The van der Waals surface area contributed by atoms with Gasteiger partial charge >= 0.3 is 0 Å². The van der Waals surface area contributed by atoms with E-state index in [2.05, 4.69) is 67.7 Å². The minimum absolute atomic E-state index is 0. The van der Waals surface area contributed by atoms with Crippen molar-refractivity contribution in [2.45, 2.75) is 48.4 Å². The number of rotatable bonds is 5. The van der Waals surface area contributed by atoms with Crippen LogP contribution in [-0.2, 0) is 0 Å². The van der Waals surface area contributed by atoms with E-state index < -0.39 is 0 Å². The molecular formula is C19H24ClNS. The normalized spacial score (nSPS) is 13.4. The van der Waals surface area contributed by atoms with E-state index in [-0.39, 0.29) is 12.4 Å². The maximum atomic E-state index is 3.53. The van der Waals surface area contributed by atoms with Gasteiger partial charge in [0.2, 0.25) is 0 Å². The summed E-state index contributed by atoms with van der Waals surface area (Å²) in [6.07, 6.45) is 2.44. The molecule has 1 nitrogen and oxygen atoms in total. The van der Waals surface area contributed by atoms with Crippen LogP contribution >= 0.6 is 24.2 Å². The summed E-state index contributed by atoms with van der Waals surface area (Å²) in [5.41, 5.74) is 3.01. The molecule has 118 valence electrons. The first-order valence-electron chi connectivity index (χ1n) is 7.85. The van der Waals surface area contributed by atoms with Gasteiger partial charge in [0.15, 0.2) is 0 Å². The lowest BCUT2D eigenvalue weighted by atomic mass is 9.87. The molecule has 22 heavy (non-hydrogen) atoms. The van der Waals surface area contributed by atoms with E-state index in [1.807, 2.05) is 11.8 Å². The SMILES string of the molecule is CC(C)NCCCC1c2ccccc2Sc2ccccc21.Cl. The lowest BCUT2D eigenvalue weighted by Gasteiger charge is -2.28. The van der Waals surface area contributed by atoms with E-state index in [9.17, 15) is 0 Å². The monoisotopic (exact) mass is 333 g/mol. The van der Waals surface area contributed by atoms with Crippen LogP contribution in [0.5, 0.6) is 0 Å². The highest BCUT2D eigenvalue weighted by Crippen LogP contribution is 2.47. The molecule has 0 bridgehead atoms. The molecule has 0 saturated carbocycles. The summed E-state index contributed by atoms with van der Waals surface area (Å²) in [5.74, 6) is 0.549. The van der Waals surface area contributed by atoms with Crippen LogP contribution in [0.2, 0.25) is 0 Å². The summed E-state index contributed by atoms with van der Waals surface area (Å²) in [6, 6.07) is 18.3. The Labute approximate surface area is 144 Å². The molecule has 1 N–H and O–H groups in total. The maximum Gasteiger partial charge on any atom is 0.0160 e. The average molecular weight is 334 g/mol. The molecule has 2 aromatic rings. The van der Waals surface area contributed by atoms with Crippen molar-refractivity contribution in [2.75, 3.05) is 6.54 Å². The minimum atomic E-state index is 0. The van der Waals surface area contributed by atoms with E-state index in [0.29, 0.717) is 12.0 Å². The standard InChI is InChI=1S/C19H23NS.ClH/c1-14(2)20-13-7-10-15-16-8-3-5-11-18(16)21-19-12-6-4-9-17(15)19;/h3-6,8-9,11-12,14-15,20H,7,10,13H2,1-2H3;1H. The zero-order valence-electron chi connectivity index (χ0n) is 13.2. The van der Waals surface area contributed by atoms with Crippen LogP contribution in [0.15, 0.2) is 58.3 Å². The van der Waals surface area contributed by atoms with Crippen LogP contribution in [0.4, 0.5) is 0 Å². The number of hydrogen-bond donors (Lipinski definition) is 1. The molecule has 0 spiro atoms. The highest BCUT2D eigenvalue weighted by molar-refractivity contribution is 7.99. The topological polar surface area (TPSA) is 12.0 Å². The van der Waals surface area contributed by atoms with Crippen LogP contribution in [0, 0.1) is 0 Å². The van der Waals surface area contributed by atoms with Crippen molar-refractivity contribution in [1.82, 2.24) is 5.32 Å². The fourth-order valence-electron chi connectivity index (χ4n) is 3.02. The van der Waals surface area contributed by atoms with Crippen LogP contribution in [-0.4, -0.2) is 12.6 Å². The zero-order chi connectivity index (χ0) is 14.7. The van der Waals surface area contributed by atoms with Crippen molar-refractivity contribution in [1.29, 1.82) is 0 Å². The van der Waals surface area contributed by atoms with Crippen molar-refractivity contribution in [3.05, 3.63) is 59.7 Å². The summed E-state index contributed by atoms with van der Waals surface area (Å²) >= 11 is 1.91. The van der Waals surface area contributed by atoms with Gasteiger partial charge in [0, 0.05) is 21.8 Å². The molecule has 2 aromatic carbocycles. The molecule has 0 radical (unpaired) electrons. The third-order valence-electron chi connectivity index (χ3n) is 4.03. The van der Waals surface area contributed by atoms with Crippen LogP contribution in [0.1, 0.15) is 43.7 Å². The Morgan fingerprint density at radius 2 is 1.50 bits per heavy atom. The first kappa shape index (κ1) is 17.4. The molecule has 1 aliphatic heterocycles. The Morgan fingerprint density at radius 1 is 0.955 bits per heavy atom. The molecule has 3 rings (SSSR count). The van der Waals surface area contributed by atoms with Gasteiger partial charge in [-0.1, -0.05) is 62.0 Å². The van der Waals surface area contributed by atoms with E-state index >= 15 is 0 Å². The number of halogens is 1. The third-order valence-corrected chi connectivity index (χ3v) is 5.21. The number of fused-ring (bicyclic) bond motifs is 2. The van der Waals surface area contributed by atoms with Gasteiger partial charge in [0.05, 0.1) is 0 Å². The Balaban J connectivity index is 0.00000176. The van der Waals surface area contributed by atoms with Crippen LogP contribution in [0.25, 0.3) is 0 Å². The van der Waals surface area contributed by atoms with Crippen molar-refractivity contribution in [3.63, 3.8) is 0 Å². The Bertz CT molecular complexity index is 566. The van der Waals surface area contributed by atoms with Crippen molar-refractivity contribution >= 4 is 24.2 Å². The highest BCUT2D eigenvalue weighted by atomic mass is 35.5. The zero-order valence-corrected chi connectivity index (χ0v) is 14.8. The lowest BCUT2D eigenvalue weighted by molar-refractivity contribution is 0.539. The van der Waals surface area contributed by atoms with Crippen LogP contribution < -0.4 is 5.32 Å². The Morgan fingerprint density at radius 3 is 2.05 bits per heavy atom. The molecule has 0 saturated heterocycles. The largest absolute Gasteiger partial charge is 0.315 e. The molecular weight excluding hydrogens is 310 g/mol. The summed E-state index contributed by atoms with van der Waals surface area (Å²) in [5, 5.41) is 3.53. The lowest BCUT2D eigenvalue weighted by Crippen LogP contribution is -2.24. The summed E-state index contributed by atoms with van der Waals surface area (Å²) in [4.78, 5) is 2.86. The van der Waals surface area contributed by atoms with E-state index in [1.165, 1.54) is 33.8 Å². The summed E-state index contributed by atoms with van der Waals surface area (Å²) in [6.45, 7) is 5.52. The number of hydrogen-bond acceptors (Lipinski definition) is 2. The first-order valence-corrected chi connectivity index (χ1v) is 8.66. The molecule has 0 aromatic heterocycles. The minimum Gasteiger partial charge on any atom is -0.315 e. The van der Waals surface area contributed by atoms with Gasteiger partial charge in [0.25, 0.3) is 0 Å². The van der Waals surface area contributed by atoms with Gasteiger partial charge in [-0.05, 0) is 42.6 Å². The Hall–Kier alpha value is -0.960. The number of nitrogens with one attached hydrogen (secondary N) is 1. The highest BCUT2D eigenvalue weighted by Gasteiger charge is 2.24. The molecule has 0 atom stereocenters.